The van der Waals surface area contributed by atoms with Crippen LogP contribution < -0.4 is 5.32 Å². The van der Waals surface area contributed by atoms with E-state index in [0.717, 1.165) is 19.0 Å². The molecule has 1 fully saturated rings. The highest BCUT2D eigenvalue weighted by atomic mass is 32.1. The van der Waals surface area contributed by atoms with Crippen LogP contribution in [0.3, 0.4) is 0 Å². The van der Waals surface area contributed by atoms with Crippen LogP contribution in [0.5, 0.6) is 0 Å². The van der Waals surface area contributed by atoms with Crippen molar-refractivity contribution < 1.29 is 0 Å². The summed E-state index contributed by atoms with van der Waals surface area (Å²) in [6.07, 6.45) is 2.64. The van der Waals surface area contributed by atoms with E-state index < -0.39 is 0 Å². The van der Waals surface area contributed by atoms with Gasteiger partial charge >= 0.3 is 0 Å². The van der Waals surface area contributed by atoms with E-state index in [-0.39, 0.29) is 0 Å². The third-order valence-electron chi connectivity index (χ3n) is 3.53. The molecule has 1 N–H and O–H groups in total. The molecule has 0 atom stereocenters. The monoisotopic (exact) mass is 286 g/mol. The second-order valence-electron chi connectivity index (χ2n) is 5.99. The number of nitrogens with zero attached hydrogens (tertiary/aromatic N) is 1. The second kappa shape index (κ2) is 6.06. The van der Waals surface area contributed by atoms with E-state index in [1.165, 1.54) is 34.0 Å². The Morgan fingerprint density at radius 3 is 2.65 bits per heavy atom. The average molecular weight is 286 g/mol. The zero-order chi connectivity index (χ0) is 13.9. The lowest BCUT2D eigenvalue weighted by atomic mass is 10.1. The van der Waals surface area contributed by atoms with Gasteiger partial charge in [0, 0.05) is 22.9 Å². The normalized spacial score (nSPS) is 14.9. The van der Waals surface area contributed by atoms with Gasteiger partial charge in [0.25, 0.3) is 0 Å². The summed E-state index contributed by atoms with van der Waals surface area (Å²) in [5, 5.41) is 4.89. The number of hydrogen-bond donors (Lipinski definition) is 1. The fourth-order valence-electron chi connectivity index (χ4n) is 2.29. The predicted molar refractivity (Wildman–Crippen MR) is 86.1 cm³/mol. The highest BCUT2D eigenvalue weighted by Gasteiger charge is 2.28. The van der Waals surface area contributed by atoms with Gasteiger partial charge in [0.1, 0.15) is 0 Å². The van der Waals surface area contributed by atoms with Gasteiger partial charge < -0.3 is 5.32 Å². The molecule has 3 rings (SSSR count). The Morgan fingerprint density at radius 1 is 1.25 bits per heavy atom. The second-order valence-corrected chi connectivity index (χ2v) is 7.10. The van der Waals surface area contributed by atoms with Crippen molar-refractivity contribution in [3.63, 3.8) is 0 Å². The van der Waals surface area contributed by atoms with Crippen molar-refractivity contribution in [3.8, 4) is 11.3 Å². The van der Waals surface area contributed by atoms with Gasteiger partial charge in [-0.3, -0.25) is 0 Å². The fraction of sp³-hybridized carbons (Fsp3) is 0.471. The Morgan fingerprint density at radius 2 is 2.00 bits per heavy atom. The summed E-state index contributed by atoms with van der Waals surface area (Å²) in [6, 6.07) is 10.6. The van der Waals surface area contributed by atoms with Crippen molar-refractivity contribution in [1.29, 1.82) is 0 Å². The smallest absolute Gasteiger partial charge is 0.0966 e. The van der Waals surface area contributed by atoms with Gasteiger partial charge in [-0.05, 0) is 25.3 Å². The van der Waals surface area contributed by atoms with Gasteiger partial charge in [-0.2, -0.15) is 0 Å². The highest BCUT2D eigenvalue weighted by molar-refractivity contribution is 7.12. The van der Waals surface area contributed by atoms with E-state index in [4.69, 9.17) is 4.98 Å². The quantitative estimate of drug-likeness (QED) is 0.849. The van der Waals surface area contributed by atoms with Crippen LogP contribution in [0.1, 0.15) is 42.5 Å². The first kappa shape index (κ1) is 13.8. The molecule has 1 saturated carbocycles. The van der Waals surface area contributed by atoms with Crippen LogP contribution in [0.2, 0.25) is 0 Å². The van der Waals surface area contributed by atoms with E-state index >= 15 is 0 Å². The number of hydrogen-bond acceptors (Lipinski definition) is 3. The number of rotatable bonds is 6. The Hall–Kier alpha value is -1.19. The Labute approximate surface area is 125 Å². The molecule has 0 bridgehead atoms. The van der Waals surface area contributed by atoms with Crippen molar-refractivity contribution in [1.82, 2.24) is 10.3 Å². The van der Waals surface area contributed by atoms with Crippen molar-refractivity contribution in [2.75, 3.05) is 6.54 Å². The molecule has 1 aliphatic carbocycles. The lowest BCUT2D eigenvalue weighted by Gasteiger charge is -2.07. The summed E-state index contributed by atoms with van der Waals surface area (Å²) < 4.78 is 0. The Bertz CT molecular complexity index is 556. The van der Waals surface area contributed by atoms with Crippen molar-refractivity contribution >= 4 is 11.3 Å². The van der Waals surface area contributed by atoms with Crippen LogP contribution in [0, 0.1) is 5.92 Å². The number of benzene rings is 1. The molecule has 106 valence electrons. The summed E-state index contributed by atoms with van der Waals surface area (Å²) in [5.74, 6) is 1.42. The Kier molecular flexibility index (Phi) is 4.18. The van der Waals surface area contributed by atoms with Crippen molar-refractivity contribution in [3.05, 3.63) is 40.2 Å². The van der Waals surface area contributed by atoms with Crippen LogP contribution in [-0.2, 0) is 6.54 Å². The number of thiazole rings is 1. The largest absolute Gasteiger partial charge is 0.312 e. The molecule has 0 aliphatic heterocycles. The summed E-state index contributed by atoms with van der Waals surface area (Å²) in [5.41, 5.74) is 2.44. The molecule has 1 aromatic heterocycles. The van der Waals surface area contributed by atoms with Gasteiger partial charge in [0.15, 0.2) is 0 Å². The molecule has 2 nitrogen and oxygen atoms in total. The van der Waals surface area contributed by atoms with Crippen LogP contribution in [0.15, 0.2) is 30.3 Å². The maximum Gasteiger partial charge on any atom is 0.0966 e. The first-order valence-electron chi connectivity index (χ1n) is 7.49. The van der Waals surface area contributed by atoms with E-state index in [0.29, 0.717) is 5.92 Å². The standard InChI is InChI=1S/C17H22N2S/c1-12(2)10-18-11-15-16(13-6-4-3-5-7-13)19-17(20-15)14-8-9-14/h3-7,12,14,18H,8-11H2,1-2H3. The summed E-state index contributed by atoms with van der Waals surface area (Å²) in [6.45, 7) is 6.48. The highest BCUT2D eigenvalue weighted by Crippen LogP contribution is 2.44. The first-order chi connectivity index (χ1) is 9.74. The summed E-state index contributed by atoms with van der Waals surface area (Å²) in [7, 11) is 0. The molecule has 1 heterocycles. The maximum absolute atomic E-state index is 4.92. The summed E-state index contributed by atoms with van der Waals surface area (Å²) in [4.78, 5) is 6.31. The minimum absolute atomic E-state index is 0.686. The molecule has 1 aromatic carbocycles. The maximum atomic E-state index is 4.92. The molecule has 0 spiro atoms. The molecular weight excluding hydrogens is 264 g/mol. The van der Waals surface area contributed by atoms with Crippen molar-refractivity contribution in [2.45, 2.75) is 39.2 Å². The van der Waals surface area contributed by atoms with Gasteiger partial charge in [-0.1, -0.05) is 44.2 Å². The SMILES string of the molecule is CC(C)CNCc1sc(C2CC2)nc1-c1ccccc1. The minimum atomic E-state index is 0.686. The molecule has 20 heavy (non-hydrogen) atoms. The van der Waals surface area contributed by atoms with E-state index in [1.807, 2.05) is 11.3 Å². The zero-order valence-corrected chi connectivity index (χ0v) is 13.0. The average Bonchev–Trinajstić information content (AvgIpc) is 3.21. The molecule has 0 amide bonds. The van der Waals surface area contributed by atoms with Gasteiger partial charge in [0.2, 0.25) is 0 Å². The lowest BCUT2D eigenvalue weighted by Crippen LogP contribution is -2.18. The van der Waals surface area contributed by atoms with Crippen LogP contribution >= 0.6 is 11.3 Å². The third kappa shape index (κ3) is 3.28. The van der Waals surface area contributed by atoms with Crippen LogP contribution in [0.4, 0.5) is 0 Å². The van der Waals surface area contributed by atoms with Gasteiger partial charge in [0.05, 0.1) is 10.7 Å². The third-order valence-corrected chi connectivity index (χ3v) is 4.74. The molecule has 1 aliphatic rings. The molecular formula is C17H22N2S. The molecule has 2 aromatic rings. The zero-order valence-electron chi connectivity index (χ0n) is 12.2. The Balaban J connectivity index is 1.83. The summed E-state index contributed by atoms with van der Waals surface area (Å²) >= 11 is 1.90. The van der Waals surface area contributed by atoms with Gasteiger partial charge in [-0.25, -0.2) is 4.98 Å². The van der Waals surface area contributed by atoms with Crippen molar-refractivity contribution in [2.24, 2.45) is 5.92 Å². The fourth-order valence-corrected chi connectivity index (χ4v) is 3.52. The van der Waals surface area contributed by atoms with E-state index in [1.54, 1.807) is 0 Å². The van der Waals surface area contributed by atoms with E-state index in [9.17, 15) is 0 Å². The molecule has 3 heteroatoms. The van der Waals surface area contributed by atoms with E-state index in [2.05, 4.69) is 49.5 Å². The molecule has 0 radical (unpaired) electrons. The number of aromatic nitrogens is 1. The lowest BCUT2D eigenvalue weighted by molar-refractivity contribution is 0.555. The molecule has 0 unspecified atom stereocenters. The number of nitrogens with one attached hydrogen (secondary N) is 1. The predicted octanol–water partition coefficient (Wildman–Crippen LogP) is 4.43. The first-order valence-corrected chi connectivity index (χ1v) is 8.31. The van der Waals surface area contributed by atoms with Crippen LogP contribution in [-0.4, -0.2) is 11.5 Å². The molecule has 0 saturated heterocycles. The van der Waals surface area contributed by atoms with Gasteiger partial charge in [-0.15, -0.1) is 11.3 Å². The topological polar surface area (TPSA) is 24.9 Å². The minimum Gasteiger partial charge on any atom is -0.312 e. The van der Waals surface area contributed by atoms with Crippen LogP contribution in [0.25, 0.3) is 11.3 Å².